The molecule has 3 nitrogen and oxygen atoms in total. The van der Waals surface area contributed by atoms with Crippen LogP contribution in [0.5, 0.6) is 0 Å². The minimum atomic E-state index is -0.843. The van der Waals surface area contributed by atoms with Crippen molar-refractivity contribution in [1.29, 1.82) is 0 Å². The largest absolute Gasteiger partial charge is 0.465 e. The quantitative estimate of drug-likeness (QED) is 0.548. The van der Waals surface area contributed by atoms with E-state index in [1.165, 1.54) is 0 Å². The molecule has 0 N–H and O–H groups in total. The summed E-state index contributed by atoms with van der Waals surface area (Å²) in [4.78, 5) is 24.5. The molecule has 0 radical (unpaired) electrons. The Balaban J connectivity index is 2.97. The number of rotatable bonds is 5. The number of esters is 1. The number of hydrogen-bond acceptors (Lipinski definition) is 3. The van der Waals surface area contributed by atoms with Crippen molar-refractivity contribution in [2.75, 3.05) is 6.61 Å². The fourth-order valence-corrected chi connectivity index (χ4v) is 2.93. The second kappa shape index (κ2) is 6.18. The van der Waals surface area contributed by atoms with Crippen molar-refractivity contribution in [1.82, 2.24) is 0 Å². The van der Waals surface area contributed by atoms with E-state index in [1.54, 1.807) is 6.92 Å². The van der Waals surface area contributed by atoms with Crippen LogP contribution in [0.2, 0.25) is 0 Å². The number of ether oxygens (including phenoxy) is 1. The Morgan fingerprint density at radius 1 is 1.41 bits per heavy atom. The minimum absolute atomic E-state index is 0.0966. The zero-order valence-electron chi connectivity index (χ0n) is 11.3. The minimum Gasteiger partial charge on any atom is -0.465 e. The van der Waals surface area contributed by atoms with Gasteiger partial charge in [-0.2, -0.15) is 0 Å². The lowest BCUT2D eigenvalue weighted by atomic mass is 9.64. The van der Waals surface area contributed by atoms with Gasteiger partial charge >= 0.3 is 5.97 Å². The van der Waals surface area contributed by atoms with Crippen LogP contribution in [0.1, 0.15) is 59.3 Å². The Hall–Kier alpha value is -0.860. The van der Waals surface area contributed by atoms with E-state index in [0.717, 1.165) is 25.7 Å². The monoisotopic (exact) mass is 240 g/mol. The van der Waals surface area contributed by atoms with Gasteiger partial charge in [-0.05, 0) is 32.1 Å². The van der Waals surface area contributed by atoms with Gasteiger partial charge in [-0.1, -0.05) is 26.7 Å². The summed E-state index contributed by atoms with van der Waals surface area (Å²) >= 11 is 0. The molecule has 0 aromatic carbocycles. The van der Waals surface area contributed by atoms with Crippen molar-refractivity contribution >= 4 is 11.8 Å². The van der Waals surface area contributed by atoms with Crippen molar-refractivity contribution in [2.24, 2.45) is 11.3 Å². The molecular formula is C14H24O3. The summed E-state index contributed by atoms with van der Waals surface area (Å²) in [6, 6.07) is 0. The van der Waals surface area contributed by atoms with E-state index in [2.05, 4.69) is 6.92 Å². The Morgan fingerprint density at radius 3 is 2.65 bits per heavy atom. The van der Waals surface area contributed by atoms with Crippen LogP contribution < -0.4 is 0 Å². The second-order valence-corrected chi connectivity index (χ2v) is 5.01. The molecular weight excluding hydrogens is 216 g/mol. The van der Waals surface area contributed by atoms with Crippen molar-refractivity contribution < 1.29 is 14.3 Å². The van der Waals surface area contributed by atoms with Crippen LogP contribution in [-0.4, -0.2) is 18.4 Å². The highest BCUT2D eigenvalue weighted by Crippen LogP contribution is 2.43. The van der Waals surface area contributed by atoms with Crippen LogP contribution in [0.15, 0.2) is 0 Å². The molecule has 1 fully saturated rings. The Morgan fingerprint density at radius 2 is 2.12 bits per heavy atom. The highest BCUT2D eigenvalue weighted by atomic mass is 16.5. The first-order chi connectivity index (χ1) is 8.09. The SMILES string of the molecule is CCCC(C)C1(C(=O)OCC)CCCCC1=O. The van der Waals surface area contributed by atoms with Gasteiger partial charge in [-0.3, -0.25) is 9.59 Å². The zero-order chi connectivity index (χ0) is 12.9. The highest BCUT2D eigenvalue weighted by molar-refractivity contribution is 6.04. The molecule has 0 aromatic heterocycles. The molecule has 17 heavy (non-hydrogen) atoms. The molecule has 2 atom stereocenters. The summed E-state index contributed by atoms with van der Waals surface area (Å²) in [6.45, 7) is 6.25. The van der Waals surface area contributed by atoms with Gasteiger partial charge in [0, 0.05) is 6.42 Å². The number of ketones is 1. The van der Waals surface area contributed by atoms with Crippen LogP contribution in [-0.2, 0) is 14.3 Å². The van der Waals surface area contributed by atoms with E-state index < -0.39 is 5.41 Å². The van der Waals surface area contributed by atoms with Crippen molar-refractivity contribution in [3.8, 4) is 0 Å². The van der Waals surface area contributed by atoms with Gasteiger partial charge in [0.25, 0.3) is 0 Å². The second-order valence-electron chi connectivity index (χ2n) is 5.01. The van der Waals surface area contributed by atoms with E-state index in [-0.39, 0.29) is 17.7 Å². The van der Waals surface area contributed by atoms with Gasteiger partial charge in [0.1, 0.15) is 11.2 Å². The molecule has 0 aliphatic heterocycles. The van der Waals surface area contributed by atoms with Crippen molar-refractivity contribution in [3.63, 3.8) is 0 Å². The van der Waals surface area contributed by atoms with Gasteiger partial charge in [0.05, 0.1) is 6.61 Å². The van der Waals surface area contributed by atoms with E-state index >= 15 is 0 Å². The predicted octanol–water partition coefficient (Wildman–Crippen LogP) is 3.12. The van der Waals surface area contributed by atoms with E-state index in [4.69, 9.17) is 4.74 Å². The highest BCUT2D eigenvalue weighted by Gasteiger charge is 2.51. The molecule has 1 rings (SSSR count). The summed E-state index contributed by atoms with van der Waals surface area (Å²) in [5.74, 6) is -0.0897. The van der Waals surface area contributed by atoms with Gasteiger partial charge in [0.15, 0.2) is 0 Å². The first kappa shape index (κ1) is 14.2. The van der Waals surface area contributed by atoms with Crippen molar-refractivity contribution in [3.05, 3.63) is 0 Å². The summed E-state index contributed by atoms with van der Waals surface area (Å²) in [5.41, 5.74) is -0.843. The molecule has 0 bridgehead atoms. The summed E-state index contributed by atoms with van der Waals surface area (Å²) in [6.07, 6.45) is 4.98. The third kappa shape index (κ3) is 2.70. The fourth-order valence-electron chi connectivity index (χ4n) is 2.93. The number of hydrogen-bond donors (Lipinski definition) is 0. The lowest BCUT2D eigenvalue weighted by Crippen LogP contribution is -2.47. The van der Waals surface area contributed by atoms with Crippen LogP contribution in [0.4, 0.5) is 0 Å². The first-order valence-electron chi connectivity index (χ1n) is 6.80. The van der Waals surface area contributed by atoms with Gasteiger partial charge < -0.3 is 4.74 Å². The molecule has 1 aliphatic carbocycles. The number of carbonyl (C=O) groups excluding carboxylic acids is 2. The van der Waals surface area contributed by atoms with Crippen LogP contribution in [0.3, 0.4) is 0 Å². The molecule has 3 heteroatoms. The number of carbonyl (C=O) groups is 2. The molecule has 0 heterocycles. The molecule has 0 saturated heterocycles. The molecule has 0 aromatic rings. The summed E-state index contributed by atoms with van der Waals surface area (Å²) in [7, 11) is 0. The average Bonchev–Trinajstić information content (AvgIpc) is 2.30. The molecule has 98 valence electrons. The lowest BCUT2D eigenvalue weighted by Gasteiger charge is -2.38. The van der Waals surface area contributed by atoms with Crippen LogP contribution in [0.25, 0.3) is 0 Å². The van der Waals surface area contributed by atoms with Gasteiger partial charge in [0.2, 0.25) is 0 Å². The molecule has 2 unspecified atom stereocenters. The van der Waals surface area contributed by atoms with Crippen LogP contribution >= 0.6 is 0 Å². The lowest BCUT2D eigenvalue weighted by molar-refractivity contribution is -0.166. The van der Waals surface area contributed by atoms with Gasteiger partial charge in [-0.15, -0.1) is 0 Å². The zero-order valence-corrected chi connectivity index (χ0v) is 11.3. The molecule has 0 amide bonds. The van der Waals surface area contributed by atoms with Gasteiger partial charge in [-0.25, -0.2) is 0 Å². The Labute approximate surface area is 104 Å². The maximum Gasteiger partial charge on any atom is 0.319 e. The van der Waals surface area contributed by atoms with E-state index in [0.29, 0.717) is 19.4 Å². The topological polar surface area (TPSA) is 43.4 Å². The standard InChI is InChI=1S/C14H24O3/c1-4-8-11(3)14(13(16)17-5-2)10-7-6-9-12(14)15/h11H,4-10H2,1-3H3. The van der Waals surface area contributed by atoms with E-state index in [9.17, 15) is 9.59 Å². The summed E-state index contributed by atoms with van der Waals surface area (Å²) in [5, 5.41) is 0. The molecule has 1 aliphatic rings. The van der Waals surface area contributed by atoms with E-state index in [1.807, 2.05) is 6.92 Å². The van der Waals surface area contributed by atoms with Crippen molar-refractivity contribution in [2.45, 2.75) is 59.3 Å². The third-order valence-corrected chi connectivity index (χ3v) is 3.93. The fraction of sp³-hybridized carbons (Fsp3) is 0.857. The maximum atomic E-state index is 12.2. The number of Topliss-reactive ketones (excluding diaryl/α,β-unsaturated/α-hetero) is 1. The van der Waals surface area contributed by atoms with Crippen LogP contribution in [0, 0.1) is 11.3 Å². The molecule has 0 spiro atoms. The normalized spacial score (nSPS) is 26.6. The average molecular weight is 240 g/mol. The molecule has 1 saturated carbocycles. The smallest absolute Gasteiger partial charge is 0.319 e. The Bertz CT molecular complexity index is 285. The third-order valence-electron chi connectivity index (χ3n) is 3.93. The predicted molar refractivity (Wildman–Crippen MR) is 66.6 cm³/mol. The first-order valence-corrected chi connectivity index (χ1v) is 6.80. The maximum absolute atomic E-state index is 12.2. The summed E-state index contributed by atoms with van der Waals surface area (Å²) < 4.78 is 5.16. The Kier molecular flexibility index (Phi) is 5.16.